The molecule has 0 bridgehead atoms. The highest BCUT2D eigenvalue weighted by atomic mass is 35.5. The summed E-state index contributed by atoms with van der Waals surface area (Å²) in [5.74, 6) is -0.280. The number of benzene rings is 4. The number of fused-ring (bicyclic) bond motifs is 1. The van der Waals surface area contributed by atoms with Gasteiger partial charge in [0.1, 0.15) is 35.6 Å². The van der Waals surface area contributed by atoms with Gasteiger partial charge in [0.25, 0.3) is 15.9 Å². The zero-order valence-corrected chi connectivity index (χ0v) is 38.2. The number of aromatic amines is 1. The number of hydrogen-bond donors (Lipinski definition) is 2. The topological polar surface area (TPSA) is 153 Å². The van der Waals surface area contributed by atoms with E-state index >= 15 is 4.39 Å². The van der Waals surface area contributed by atoms with E-state index in [-0.39, 0.29) is 52.4 Å². The second-order valence-corrected chi connectivity index (χ2v) is 20.6. The number of hydrogen-bond acceptors (Lipinski definition) is 11. The zero-order valence-electron chi connectivity index (χ0n) is 36.6. The lowest BCUT2D eigenvalue weighted by molar-refractivity contribution is -0.0890. The number of allylic oxidation sites excluding steroid dienone is 1. The number of piperazine rings is 1. The fraction of sp³-hybridized carbons (Fsp3) is 0.408. The van der Waals surface area contributed by atoms with Gasteiger partial charge in [0.05, 0.1) is 52.4 Å². The average molecular weight is 923 g/mol. The minimum Gasteiger partial charge on any atom is -0.489 e. The number of alkyl halides is 1. The van der Waals surface area contributed by atoms with Gasteiger partial charge in [0.15, 0.2) is 0 Å². The van der Waals surface area contributed by atoms with Crippen molar-refractivity contribution in [1.29, 1.82) is 5.26 Å². The van der Waals surface area contributed by atoms with Crippen molar-refractivity contribution < 1.29 is 31.8 Å². The van der Waals surface area contributed by atoms with Crippen LogP contribution in [0.2, 0.25) is 5.02 Å². The van der Waals surface area contributed by atoms with Crippen molar-refractivity contribution in [3.63, 3.8) is 0 Å². The second-order valence-electron chi connectivity index (χ2n) is 18.4. The molecular weight excluding hydrogens is 869 g/mol. The van der Waals surface area contributed by atoms with Gasteiger partial charge in [-0.25, -0.2) is 17.5 Å². The number of aromatic nitrogens is 2. The Hall–Kier alpha value is -5.50. The third kappa shape index (κ3) is 10.0. The van der Waals surface area contributed by atoms with Crippen molar-refractivity contribution in [2.45, 2.75) is 62.6 Å². The lowest BCUT2D eigenvalue weighted by Gasteiger charge is -2.43. The minimum atomic E-state index is -4.50. The first-order valence-corrected chi connectivity index (χ1v) is 24.0. The molecule has 1 aliphatic carbocycles. The van der Waals surface area contributed by atoms with Gasteiger partial charge in [-0.3, -0.25) is 19.7 Å². The molecule has 0 unspecified atom stereocenters. The normalized spacial score (nSPS) is 19.4. The van der Waals surface area contributed by atoms with Crippen LogP contribution in [-0.4, -0.2) is 112 Å². The molecule has 5 aromatic rings. The Morgan fingerprint density at radius 3 is 2.46 bits per heavy atom. The number of halogens is 2. The molecule has 0 spiro atoms. The molecule has 0 saturated carbocycles. The van der Waals surface area contributed by atoms with Gasteiger partial charge in [0.2, 0.25) is 0 Å². The number of amides is 1. The Morgan fingerprint density at radius 2 is 1.74 bits per heavy atom. The van der Waals surface area contributed by atoms with E-state index in [0.717, 1.165) is 74.3 Å². The Labute approximate surface area is 384 Å². The van der Waals surface area contributed by atoms with E-state index in [0.29, 0.717) is 43.5 Å². The molecular formula is C49H53ClFN7O6S. The molecule has 4 heterocycles. The highest BCUT2D eigenvalue weighted by Crippen LogP contribution is 2.44. The van der Waals surface area contributed by atoms with Gasteiger partial charge in [-0.2, -0.15) is 10.4 Å². The van der Waals surface area contributed by atoms with E-state index in [4.69, 9.17) is 25.8 Å². The number of nitriles is 1. The van der Waals surface area contributed by atoms with Crippen molar-refractivity contribution in [2.75, 3.05) is 70.5 Å². The number of nitrogens with zero attached hydrogens (tertiary/aromatic N) is 5. The van der Waals surface area contributed by atoms with E-state index in [1.165, 1.54) is 28.8 Å². The first kappa shape index (κ1) is 44.7. The predicted molar refractivity (Wildman–Crippen MR) is 248 cm³/mol. The first-order valence-electron chi connectivity index (χ1n) is 22.2. The highest BCUT2D eigenvalue weighted by molar-refractivity contribution is 7.90. The number of H-pyrrole nitrogens is 1. The van der Waals surface area contributed by atoms with Gasteiger partial charge in [-0.05, 0) is 103 Å². The van der Waals surface area contributed by atoms with Crippen molar-refractivity contribution in [3.8, 4) is 23.3 Å². The molecule has 2 N–H and O–H groups in total. The number of sulfonamides is 1. The number of nitrogens with one attached hydrogen (secondary N) is 2. The molecule has 9 rings (SSSR count). The van der Waals surface area contributed by atoms with Gasteiger partial charge in [-0.1, -0.05) is 49.2 Å². The molecule has 3 fully saturated rings. The summed E-state index contributed by atoms with van der Waals surface area (Å²) in [6.07, 6.45) is 5.37. The van der Waals surface area contributed by atoms with Gasteiger partial charge in [0, 0.05) is 62.6 Å². The smallest absolute Gasteiger partial charge is 0.268 e. The number of rotatable bonds is 13. The largest absolute Gasteiger partial charge is 0.489 e. The quantitative estimate of drug-likeness (QED) is 0.117. The van der Waals surface area contributed by atoms with Gasteiger partial charge < -0.3 is 19.1 Å². The molecule has 0 radical (unpaired) electrons. The van der Waals surface area contributed by atoms with Crippen LogP contribution in [0.15, 0.2) is 95.5 Å². The summed E-state index contributed by atoms with van der Waals surface area (Å²) >= 11 is 6.25. The minimum absolute atomic E-state index is 0.0112. The number of anilines is 1. The van der Waals surface area contributed by atoms with Crippen LogP contribution in [0.1, 0.15) is 67.4 Å². The Kier molecular flexibility index (Phi) is 12.7. The van der Waals surface area contributed by atoms with E-state index in [9.17, 15) is 18.5 Å². The monoisotopic (exact) mass is 921 g/mol. The molecule has 3 aliphatic heterocycles. The number of piperidine rings is 1. The highest BCUT2D eigenvalue weighted by Gasteiger charge is 2.39. The Morgan fingerprint density at radius 1 is 0.969 bits per heavy atom. The maximum absolute atomic E-state index is 15.7. The summed E-state index contributed by atoms with van der Waals surface area (Å²) in [4.78, 5) is 20.7. The molecule has 1 amide bonds. The molecule has 65 heavy (non-hydrogen) atoms. The van der Waals surface area contributed by atoms with E-state index in [2.05, 4.69) is 55.6 Å². The predicted octanol–water partition coefficient (Wildman–Crippen LogP) is 8.37. The number of carbonyl (C=O) groups is 1. The molecule has 16 heteroatoms. The second kappa shape index (κ2) is 18.4. The van der Waals surface area contributed by atoms with E-state index in [1.54, 1.807) is 36.5 Å². The average Bonchev–Trinajstić information content (AvgIpc) is 3.77. The molecule has 4 aromatic carbocycles. The summed E-state index contributed by atoms with van der Waals surface area (Å²) in [5, 5.41) is 18.5. The molecule has 0 atom stereocenters. The molecule has 4 aliphatic rings. The first-order chi connectivity index (χ1) is 31.2. The lowest BCUT2D eigenvalue weighted by Crippen LogP contribution is -2.55. The molecule has 340 valence electrons. The van der Waals surface area contributed by atoms with Crippen LogP contribution in [-0.2, 0) is 14.8 Å². The van der Waals surface area contributed by atoms with Gasteiger partial charge >= 0.3 is 0 Å². The van der Waals surface area contributed by atoms with Crippen LogP contribution in [0.25, 0.3) is 16.5 Å². The summed E-state index contributed by atoms with van der Waals surface area (Å²) in [7, 11) is -4.50. The van der Waals surface area contributed by atoms with Crippen molar-refractivity contribution in [3.05, 3.63) is 112 Å². The van der Waals surface area contributed by atoms with E-state index < -0.39 is 21.6 Å². The maximum Gasteiger partial charge on any atom is 0.268 e. The molecule has 1 aromatic heterocycles. The zero-order chi connectivity index (χ0) is 45.3. The summed E-state index contributed by atoms with van der Waals surface area (Å²) in [5.41, 5.74) is 4.19. The van der Waals surface area contributed by atoms with Crippen molar-refractivity contribution in [1.82, 2.24) is 24.7 Å². The third-order valence-electron chi connectivity index (χ3n) is 13.3. The van der Waals surface area contributed by atoms with Crippen molar-refractivity contribution in [2.24, 2.45) is 5.41 Å². The third-order valence-corrected chi connectivity index (χ3v) is 14.9. The van der Waals surface area contributed by atoms with Crippen LogP contribution in [0.3, 0.4) is 0 Å². The van der Waals surface area contributed by atoms with Crippen molar-refractivity contribution >= 4 is 49.7 Å². The van der Waals surface area contributed by atoms with Crippen LogP contribution in [0.5, 0.6) is 17.2 Å². The van der Waals surface area contributed by atoms with E-state index in [1.807, 2.05) is 24.3 Å². The van der Waals surface area contributed by atoms with Crippen LogP contribution in [0.4, 0.5) is 10.1 Å². The number of ether oxygens (including phenoxy) is 3. The standard InChI is InChI=1S/C49H53ClFN7O6S/c1-48(2)15-14-34(41(26-48)33-6-8-36(50)9-7-33)29-56-20-22-58(23-21-56)37-10-12-40(46(25-37)64-45-5-3-4-43-42(45)28-53-54-43)47(59)55-65(60,61)39-11-13-44(35(24-39)27-52)63-32-49(51)16-18-57(19-17-49)38-30-62-31-38/h3-13,24-25,28,38H,14-23,26,29-32H2,1-2H3,(H,53,54)(H,55,59). The number of carbonyl (C=O) groups excluding carboxylic acids is 1. The molecule has 13 nitrogen and oxygen atoms in total. The SMILES string of the molecule is CC1(C)CCC(CN2CCN(c3ccc(C(=O)NS(=O)(=O)c4ccc(OCC5(F)CCN(C6COC6)CC5)c(C#N)c4)c(Oc4cccc5[nH]ncc45)c3)CC2)=C(c2ccc(Cl)cc2)C1. The van der Waals surface area contributed by atoms with Crippen LogP contribution in [0, 0.1) is 16.7 Å². The fourth-order valence-electron chi connectivity index (χ4n) is 9.23. The Balaban J connectivity index is 0.902. The summed E-state index contributed by atoms with van der Waals surface area (Å²) in [6.45, 7) is 10.9. The number of likely N-dealkylation sites (tertiary alicyclic amines) is 1. The Bertz CT molecular complexity index is 2750. The summed E-state index contributed by atoms with van der Waals surface area (Å²) < 4.78 is 63.0. The van der Waals surface area contributed by atoms with Crippen LogP contribution < -0.4 is 19.1 Å². The molecule has 3 saturated heterocycles. The van der Waals surface area contributed by atoms with Gasteiger partial charge in [-0.15, -0.1) is 0 Å². The lowest BCUT2D eigenvalue weighted by atomic mass is 9.72. The summed E-state index contributed by atoms with van der Waals surface area (Å²) in [6, 6.07) is 24.7. The fourth-order valence-corrected chi connectivity index (χ4v) is 10.3. The van der Waals surface area contributed by atoms with Crippen LogP contribution >= 0.6 is 11.6 Å². The maximum atomic E-state index is 15.7.